The fourth-order valence-electron chi connectivity index (χ4n) is 3.85. The third kappa shape index (κ3) is 4.81. The Balaban J connectivity index is 1.57. The Bertz CT molecular complexity index is 1620. The maximum Gasteiger partial charge on any atom is 0.417 e. The number of rotatable bonds is 6. The number of halogens is 3. The first kappa shape index (κ1) is 23.9. The Kier molecular flexibility index (Phi) is 5.99. The summed E-state index contributed by atoms with van der Waals surface area (Å²) in [6.45, 7) is 1.84. The molecule has 12 heteroatoms. The standard InChI is InChI=1S/C25H18F3N7O2/c1-14-2-6-21(34-33-14)31-16-4-5-20-19(10-16)30-13-35(20)22-7-3-15(8-9-36)24(32-22)17-12-29-23(37)11-18(17)25(26,27)28/h2-7,9-13H,8H2,1H3,(H,29,37)(H,31,34). The number of pyridine rings is 2. The maximum atomic E-state index is 13.8. The number of carbonyl (C=O) groups is 1. The van der Waals surface area contributed by atoms with Gasteiger partial charge in [-0.15, -0.1) is 5.10 Å². The summed E-state index contributed by atoms with van der Waals surface area (Å²) in [5.74, 6) is 0.0775. The van der Waals surface area contributed by atoms with Crippen LogP contribution in [0.2, 0.25) is 0 Å². The molecule has 0 unspecified atom stereocenters. The van der Waals surface area contributed by atoms with Crippen molar-refractivity contribution in [2.24, 2.45) is 0 Å². The van der Waals surface area contributed by atoms with Gasteiger partial charge in [-0.1, -0.05) is 6.07 Å². The number of alkyl halides is 3. The molecule has 4 heterocycles. The third-order valence-electron chi connectivity index (χ3n) is 5.58. The van der Waals surface area contributed by atoms with Crippen molar-refractivity contribution >= 4 is 28.8 Å². The van der Waals surface area contributed by atoms with Crippen LogP contribution in [0.4, 0.5) is 24.7 Å². The molecule has 186 valence electrons. The molecule has 5 rings (SSSR count). The molecule has 0 spiro atoms. The number of aryl methyl sites for hydroxylation is 1. The number of imidazole rings is 1. The molecule has 0 aliphatic carbocycles. The van der Waals surface area contributed by atoms with E-state index in [0.29, 0.717) is 35.0 Å². The van der Waals surface area contributed by atoms with Gasteiger partial charge < -0.3 is 15.2 Å². The second-order valence-corrected chi connectivity index (χ2v) is 8.14. The average Bonchev–Trinajstić information content (AvgIpc) is 3.29. The molecule has 1 aromatic carbocycles. The number of hydrogen-bond donors (Lipinski definition) is 2. The van der Waals surface area contributed by atoms with Gasteiger partial charge in [0.2, 0.25) is 5.88 Å². The van der Waals surface area contributed by atoms with Crippen LogP contribution in [0, 0.1) is 6.92 Å². The zero-order valence-corrected chi connectivity index (χ0v) is 19.2. The van der Waals surface area contributed by atoms with E-state index in [9.17, 15) is 23.1 Å². The number of carbonyl (C=O) groups excluding carboxylic acids is 1. The summed E-state index contributed by atoms with van der Waals surface area (Å²) in [6, 6.07) is 12.7. The topological polar surface area (TPSA) is 119 Å². The molecule has 0 radical (unpaired) electrons. The smallest absolute Gasteiger partial charge is 0.417 e. The van der Waals surface area contributed by atoms with Crippen molar-refractivity contribution in [3.63, 3.8) is 0 Å². The zero-order chi connectivity index (χ0) is 26.2. The van der Waals surface area contributed by atoms with Crippen LogP contribution in [-0.4, -0.2) is 41.1 Å². The Hall–Kier alpha value is -4.87. The lowest BCUT2D eigenvalue weighted by atomic mass is 10.0. The summed E-state index contributed by atoms with van der Waals surface area (Å²) in [4.78, 5) is 23.7. The van der Waals surface area contributed by atoms with Gasteiger partial charge in [0.05, 0.1) is 28.0 Å². The molecular weight excluding hydrogens is 487 g/mol. The number of benzene rings is 1. The molecule has 5 aromatic rings. The first-order chi connectivity index (χ1) is 17.7. The number of nitrogens with zero attached hydrogens (tertiary/aromatic N) is 6. The van der Waals surface area contributed by atoms with Crippen molar-refractivity contribution in [3.8, 4) is 23.0 Å². The van der Waals surface area contributed by atoms with E-state index in [0.717, 1.165) is 17.6 Å². The highest BCUT2D eigenvalue weighted by Crippen LogP contribution is 2.39. The van der Waals surface area contributed by atoms with E-state index >= 15 is 0 Å². The predicted molar refractivity (Wildman–Crippen MR) is 129 cm³/mol. The summed E-state index contributed by atoms with van der Waals surface area (Å²) in [5, 5.41) is 20.8. The van der Waals surface area contributed by atoms with Crippen molar-refractivity contribution in [1.29, 1.82) is 0 Å². The largest absolute Gasteiger partial charge is 0.493 e. The van der Waals surface area contributed by atoms with Gasteiger partial charge >= 0.3 is 6.18 Å². The van der Waals surface area contributed by atoms with E-state index in [4.69, 9.17) is 0 Å². The Labute approximate surface area is 207 Å². The molecule has 0 aliphatic rings. The van der Waals surface area contributed by atoms with Gasteiger partial charge in [-0.25, -0.2) is 15.0 Å². The highest BCUT2D eigenvalue weighted by Gasteiger charge is 2.35. The normalized spacial score (nSPS) is 11.6. The molecule has 0 bridgehead atoms. The fraction of sp³-hybridized carbons (Fsp3) is 0.120. The first-order valence-electron chi connectivity index (χ1n) is 11.0. The number of aromatic hydroxyl groups is 1. The minimum Gasteiger partial charge on any atom is -0.493 e. The lowest BCUT2D eigenvalue weighted by Gasteiger charge is -2.16. The summed E-state index contributed by atoms with van der Waals surface area (Å²) in [7, 11) is 0. The molecular formula is C25H18F3N7O2. The Morgan fingerprint density at radius 2 is 1.89 bits per heavy atom. The number of fused-ring (bicyclic) bond motifs is 1. The summed E-state index contributed by atoms with van der Waals surface area (Å²) in [6.07, 6.45) is -1.94. The van der Waals surface area contributed by atoms with Gasteiger partial charge in [0.1, 0.15) is 18.4 Å². The highest BCUT2D eigenvalue weighted by molar-refractivity contribution is 5.82. The molecule has 0 saturated carbocycles. The molecule has 4 aromatic heterocycles. The molecule has 9 nitrogen and oxygen atoms in total. The molecule has 2 N–H and O–H groups in total. The van der Waals surface area contributed by atoms with Crippen molar-refractivity contribution in [3.05, 3.63) is 77.9 Å². The third-order valence-corrected chi connectivity index (χ3v) is 5.58. The number of anilines is 2. The predicted octanol–water partition coefficient (Wildman–Crippen LogP) is 4.79. The van der Waals surface area contributed by atoms with Crippen molar-refractivity contribution < 1.29 is 23.1 Å². The van der Waals surface area contributed by atoms with Gasteiger partial charge in [0.15, 0.2) is 5.82 Å². The van der Waals surface area contributed by atoms with Crippen LogP contribution in [0.15, 0.2) is 61.1 Å². The van der Waals surface area contributed by atoms with Gasteiger partial charge in [0, 0.05) is 29.9 Å². The van der Waals surface area contributed by atoms with Crippen LogP contribution in [0.1, 0.15) is 16.8 Å². The van der Waals surface area contributed by atoms with Crippen LogP contribution in [-0.2, 0) is 17.4 Å². The van der Waals surface area contributed by atoms with Crippen LogP contribution in [0.25, 0.3) is 28.1 Å². The van der Waals surface area contributed by atoms with Crippen LogP contribution in [0.5, 0.6) is 5.88 Å². The van der Waals surface area contributed by atoms with E-state index < -0.39 is 17.6 Å². The fourth-order valence-corrected chi connectivity index (χ4v) is 3.85. The zero-order valence-electron chi connectivity index (χ0n) is 19.2. The lowest BCUT2D eigenvalue weighted by Crippen LogP contribution is -2.10. The Morgan fingerprint density at radius 3 is 2.62 bits per heavy atom. The molecule has 0 saturated heterocycles. The van der Waals surface area contributed by atoms with Crippen LogP contribution in [0.3, 0.4) is 0 Å². The second-order valence-electron chi connectivity index (χ2n) is 8.14. The second kappa shape index (κ2) is 9.30. The minimum absolute atomic E-state index is 0.0671. The molecule has 0 atom stereocenters. The van der Waals surface area contributed by atoms with E-state index in [1.165, 1.54) is 12.4 Å². The average molecular weight is 505 g/mol. The Morgan fingerprint density at radius 1 is 1.05 bits per heavy atom. The summed E-state index contributed by atoms with van der Waals surface area (Å²) >= 11 is 0. The number of hydrogen-bond acceptors (Lipinski definition) is 8. The molecule has 0 fully saturated rings. The van der Waals surface area contributed by atoms with E-state index in [1.54, 1.807) is 34.9 Å². The monoisotopic (exact) mass is 505 g/mol. The van der Waals surface area contributed by atoms with Gasteiger partial charge in [0.25, 0.3) is 0 Å². The lowest BCUT2D eigenvalue weighted by molar-refractivity contribution is -0.137. The number of aromatic nitrogens is 6. The van der Waals surface area contributed by atoms with Gasteiger partial charge in [-0.2, -0.15) is 18.3 Å². The molecule has 0 aliphatic heterocycles. The van der Waals surface area contributed by atoms with Crippen molar-refractivity contribution in [1.82, 2.24) is 29.7 Å². The SMILES string of the molecule is Cc1ccc(Nc2ccc3c(c2)ncn3-c2ccc(CC=O)c(-c3cnc(O)cc3C(F)(F)F)n2)nn1. The van der Waals surface area contributed by atoms with Gasteiger partial charge in [-0.3, -0.25) is 4.57 Å². The minimum atomic E-state index is -4.78. The molecule has 0 amide bonds. The summed E-state index contributed by atoms with van der Waals surface area (Å²) < 4.78 is 42.9. The molecule has 37 heavy (non-hydrogen) atoms. The van der Waals surface area contributed by atoms with E-state index in [-0.39, 0.29) is 23.2 Å². The summed E-state index contributed by atoms with van der Waals surface area (Å²) in [5.41, 5.74) is 1.53. The highest BCUT2D eigenvalue weighted by atomic mass is 19.4. The van der Waals surface area contributed by atoms with Crippen molar-refractivity contribution in [2.45, 2.75) is 19.5 Å². The van der Waals surface area contributed by atoms with E-state index in [2.05, 4.69) is 30.5 Å². The first-order valence-corrected chi connectivity index (χ1v) is 11.0. The van der Waals surface area contributed by atoms with Gasteiger partial charge in [-0.05, 0) is 48.9 Å². The number of aldehydes is 1. The van der Waals surface area contributed by atoms with Crippen LogP contribution < -0.4 is 5.32 Å². The quantitative estimate of drug-likeness (QED) is 0.316. The number of nitrogens with one attached hydrogen (secondary N) is 1. The van der Waals surface area contributed by atoms with Crippen molar-refractivity contribution in [2.75, 3.05) is 5.32 Å². The van der Waals surface area contributed by atoms with Crippen LogP contribution >= 0.6 is 0 Å². The van der Waals surface area contributed by atoms with E-state index in [1.807, 2.05) is 13.0 Å². The maximum absolute atomic E-state index is 13.8.